The molecule has 160 valence electrons. The van der Waals surface area contributed by atoms with Gasteiger partial charge in [-0.1, -0.05) is 43.8 Å². The molecule has 2 aliphatic heterocycles. The number of amidine groups is 2. The molecule has 1 N–H and O–H groups in total. The number of nitrogens with zero attached hydrogens (tertiary/aromatic N) is 3. The molecule has 2 aromatic rings. The van der Waals surface area contributed by atoms with Gasteiger partial charge in [-0.15, -0.1) is 0 Å². The highest BCUT2D eigenvalue weighted by Gasteiger charge is 2.41. The van der Waals surface area contributed by atoms with E-state index in [1.54, 1.807) is 19.1 Å². The predicted molar refractivity (Wildman–Crippen MR) is 122 cm³/mol. The minimum absolute atomic E-state index is 0.0302. The summed E-state index contributed by atoms with van der Waals surface area (Å²) in [4.78, 5) is 36.4. The molecule has 0 fully saturated rings. The van der Waals surface area contributed by atoms with Crippen LogP contribution in [-0.2, 0) is 9.59 Å². The van der Waals surface area contributed by atoms with Crippen LogP contribution < -0.4 is 5.32 Å². The molecule has 0 bridgehead atoms. The molecule has 0 radical (unpaired) electrons. The number of carbonyl (C=O) groups is 2. The van der Waals surface area contributed by atoms with Crippen molar-refractivity contribution in [2.24, 2.45) is 15.9 Å². The van der Waals surface area contributed by atoms with Crippen LogP contribution in [0.1, 0.15) is 31.4 Å². The molecule has 2 aliphatic rings. The molecule has 0 spiro atoms. The molecular formula is C23H23FN4O2S. The van der Waals surface area contributed by atoms with Crippen LogP contribution in [-0.4, -0.2) is 39.5 Å². The number of thioether (sulfide) groups is 1. The smallest absolute Gasteiger partial charge is 0.259 e. The Bertz CT molecular complexity index is 1110. The Balaban J connectivity index is 1.53. The molecule has 0 unspecified atom stereocenters. The van der Waals surface area contributed by atoms with Gasteiger partial charge in [0.15, 0.2) is 5.17 Å². The number of anilines is 1. The van der Waals surface area contributed by atoms with Gasteiger partial charge in [0, 0.05) is 11.3 Å². The van der Waals surface area contributed by atoms with Gasteiger partial charge in [0.25, 0.3) is 5.91 Å². The molecule has 0 aliphatic carbocycles. The van der Waals surface area contributed by atoms with E-state index in [-0.39, 0.29) is 23.4 Å². The van der Waals surface area contributed by atoms with Crippen LogP contribution in [0, 0.1) is 18.7 Å². The van der Waals surface area contributed by atoms with Crippen molar-refractivity contribution in [1.82, 2.24) is 4.90 Å². The zero-order valence-corrected chi connectivity index (χ0v) is 18.4. The zero-order valence-electron chi connectivity index (χ0n) is 17.6. The third-order valence-corrected chi connectivity index (χ3v) is 5.97. The summed E-state index contributed by atoms with van der Waals surface area (Å²) in [7, 11) is 0. The topological polar surface area (TPSA) is 74.1 Å². The number of halogens is 1. The van der Waals surface area contributed by atoms with Crippen LogP contribution in [0.4, 0.5) is 15.8 Å². The fraction of sp³-hybridized carbons (Fsp3) is 0.304. The predicted octanol–water partition coefficient (Wildman–Crippen LogP) is 4.51. The van der Waals surface area contributed by atoms with Gasteiger partial charge in [-0.25, -0.2) is 14.3 Å². The first-order chi connectivity index (χ1) is 14.8. The monoisotopic (exact) mass is 438 g/mol. The minimum atomic E-state index is -0.448. The molecule has 0 saturated heterocycles. The standard InChI is InChI=1S/C23H23FN4O2S/c1-13(2)10-19-22(30)28-21(26-19)16-6-4-5-7-18(16)27-23(28)31-12-20(29)25-15-9-8-14(3)17(24)11-15/h4-9,11,13,19H,10,12H2,1-3H3,(H,25,29)/t19-/m0/s1. The third kappa shape index (κ3) is 4.39. The van der Waals surface area contributed by atoms with Crippen LogP contribution in [0.5, 0.6) is 0 Å². The van der Waals surface area contributed by atoms with Gasteiger partial charge in [0.1, 0.15) is 17.7 Å². The van der Waals surface area contributed by atoms with E-state index in [1.165, 1.54) is 22.7 Å². The third-order valence-electron chi connectivity index (χ3n) is 5.03. The molecule has 0 saturated carbocycles. The minimum Gasteiger partial charge on any atom is -0.325 e. The van der Waals surface area contributed by atoms with Crippen LogP contribution in [0.15, 0.2) is 52.4 Å². The molecule has 31 heavy (non-hydrogen) atoms. The number of hydrogen-bond acceptors (Lipinski definition) is 5. The fourth-order valence-electron chi connectivity index (χ4n) is 3.50. The zero-order chi connectivity index (χ0) is 22.1. The second-order valence-electron chi connectivity index (χ2n) is 7.98. The summed E-state index contributed by atoms with van der Waals surface area (Å²) in [5, 5.41) is 3.12. The van der Waals surface area contributed by atoms with E-state index in [0.29, 0.717) is 34.6 Å². The normalized spacial score (nSPS) is 17.3. The Hall–Kier alpha value is -3.00. The summed E-state index contributed by atoms with van der Waals surface area (Å²) in [5.74, 6) is 0.138. The van der Waals surface area contributed by atoms with E-state index in [2.05, 4.69) is 24.2 Å². The molecular weight excluding hydrogens is 415 g/mol. The summed E-state index contributed by atoms with van der Waals surface area (Å²) >= 11 is 1.17. The molecule has 1 atom stereocenters. The first kappa shape index (κ1) is 21.2. The molecule has 2 aromatic carbocycles. The van der Waals surface area contributed by atoms with E-state index in [1.807, 2.05) is 24.3 Å². The van der Waals surface area contributed by atoms with E-state index in [9.17, 15) is 14.0 Å². The van der Waals surface area contributed by atoms with Crippen molar-refractivity contribution in [3.8, 4) is 0 Å². The van der Waals surface area contributed by atoms with E-state index in [4.69, 9.17) is 4.99 Å². The van der Waals surface area contributed by atoms with E-state index >= 15 is 0 Å². The lowest BCUT2D eigenvalue weighted by molar-refractivity contribution is -0.125. The second kappa shape index (κ2) is 8.63. The summed E-state index contributed by atoms with van der Waals surface area (Å²) in [5.41, 5.74) is 2.43. The van der Waals surface area contributed by atoms with Crippen molar-refractivity contribution in [2.75, 3.05) is 11.1 Å². The summed E-state index contributed by atoms with van der Waals surface area (Å²) in [6.45, 7) is 5.77. The van der Waals surface area contributed by atoms with Crippen LogP contribution >= 0.6 is 11.8 Å². The Morgan fingerprint density at radius 3 is 2.77 bits per heavy atom. The maximum absolute atomic E-state index is 13.7. The largest absolute Gasteiger partial charge is 0.325 e. The summed E-state index contributed by atoms with van der Waals surface area (Å²) in [6, 6.07) is 11.6. The second-order valence-corrected chi connectivity index (χ2v) is 8.93. The van der Waals surface area contributed by atoms with Crippen molar-refractivity contribution in [3.05, 3.63) is 59.4 Å². The van der Waals surface area contributed by atoms with Crippen molar-refractivity contribution in [1.29, 1.82) is 0 Å². The average Bonchev–Trinajstić information content (AvgIpc) is 3.05. The first-order valence-electron chi connectivity index (χ1n) is 10.1. The number of aryl methyl sites for hydroxylation is 1. The highest BCUT2D eigenvalue weighted by molar-refractivity contribution is 8.14. The van der Waals surface area contributed by atoms with Crippen molar-refractivity contribution in [2.45, 2.75) is 33.2 Å². The molecule has 2 amide bonds. The number of rotatable bonds is 5. The number of hydrogen-bond donors (Lipinski definition) is 1. The first-order valence-corrected chi connectivity index (χ1v) is 11.1. The average molecular weight is 439 g/mol. The quantitative estimate of drug-likeness (QED) is 0.746. The Kier molecular flexibility index (Phi) is 5.91. The van der Waals surface area contributed by atoms with Crippen LogP contribution in [0.3, 0.4) is 0 Å². The number of fused-ring (bicyclic) bond motifs is 3. The molecule has 6 nitrogen and oxygen atoms in total. The van der Waals surface area contributed by atoms with Gasteiger partial charge >= 0.3 is 0 Å². The van der Waals surface area contributed by atoms with E-state index < -0.39 is 6.04 Å². The number of amides is 2. The molecule has 2 heterocycles. The summed E-state index contributed by atoms with van der Waals surface area (Å²) < 4.78 is 13.7. The fourth-order valence-corrected chi connectivity index (χ4v) is 4.30. The Morgan fingerprint density at radius 2 is 2.03 bits per heavy atom. The maximum atomic E-state index is 13.7. The van der Waals surface area contributed by atoms with Crippen LogP contribution in [0.2, 0.25) is 0 Å². The van der Waals surface area contributed by atoms with Crippen molar-refractivity contribution < 1.29 is 14.0 Å². The van der Waals surface area contributed by atoms with Gasteiger partial charge in [-0.2, -0.15) is 0 Å². The van der Waals surface area contributed by atoms with E-state index in [0.717, 1.165) is 11.3 Å². The highest BCUT2D eigenvalue weighted by atomic mass is 32.2. The van der Waals surface area contributed by atoms with Gasteiger partial charge < -0.3 is 5.32 Å². The molecule has 8 heteroatoms. The molecule has 0 aromatic heterocycles. The lowest BCUT2D eigenvalue weighted by atomic mass is 10.0. The summed E-state index contributed by atoms with van der Waals surface area (Å²) in [6.07, 6.45) is 0.651. The maximum Gasteiger partial charge on any atom is 0.259 e. The number of nitrogens with one attached hydrogen (secondary N) is 1. The lowest BCUT2D eigenvalue weighted by Crippen LogP contribution is -2.41. The number of benzene rings is 2. The van der Waals surface area contributed by atoms with Crippen molar-refractivity contribution >= 4 is 46.0 Å². The lowest BCUT2D eigenvalue weighted by Gasteiger charge is -2.25. The SMILES string of the molecule is Cc1ccc(NC(=O)CSC2=Nc3ccccc3C3=N[C@@H](CC(C)C)C(=O)N23)cc1F. The number of aliphatic imine (C=N–C) groups is 2. The highest BCUT2D eigenvalue weighted by Crippen LogP contribution is 2.34. The van der Waals surface area contributed by atoms with Gasteiger partial charge in [-0.05, 0) is 49.1 Å². The van der Waals surface area contributed by atoms with Gasteiger partial charge in [0.05, 0.1) is 11.4 Å². The Labute approximate surface area is 184 Å². The van der Waals surface area contributed by atoms with Gasteiger partial charge in [0.2, 0.25) is 5.91 Å². The number of carbonyl (C=O) groups excluding carboxylic acids is 2. The van der Waals surface area contributed by atoms with Gasteiger partial charge in [-0.3, -0.25) is 14.6 Å². The molecule has 4 rings (SSSR count). The van der Waals surface area contributed by atoms with Crippen LogP contribution in [0.25, 0.3) is 0 Å². The van der Waals surface area contributed by atoms with Crippen molar-refractivity contribution in [3.63, 3.8) is 0 Å². The Morgan fingerprint density at radius 1 is 1.26 bits per heavy atom. The number of para-hydroxylation sites is 1.